The van der Waals surface area contributed by atoms with Gasteiger partial charge in [-0.1, -0.05) is 83.4 Å². The molecule has 4 nitrogen and oxygen atoms in total. The molecular formula is C35H32Cl2N2O2. The lowest BCUT2D eigenvalue weighted by atomic mass is 9.76. The minimum atomic E-state index is 0.258. The molecule has 4 aromatic carbocycles. The minimum Gasteiger partial charge on any atom is -0.490 e. The molecule has 1 aliphatic carbocycles. The SMILES string of the molecule is CCOc1cc(C=Nc2ccc([C@@H]3Nc4ccc(C)cc4[C@H]4C=CC[C@@H]43)cc2)cc(Cl)c1OCc1ccccc1Cl. The molecule has 1 N–H and O–H groups in total. The summed E-state index contributed by atoms with van der Waals surface area (Å²) >= 11 is 12.9. The van der Waals surface area contributed by atoms with Crippen molar-refractivity contribution in [2.45, 2.75) is 38.8 Å². The molecule has 0 unspecified atom stereocenters. The highest BCUT2D eigenvalue weighted by Gasteiger charge is 2.37. The van der Waals surface area contributed by atoms with Crippen molar-refractivity contribution < 1.29 is 9.47 Å². The molecule has 6 heteroatoms. The largest absolute Gasteiger partial charge is 0.490 e. The Bertz CT molecular complexity index is 1610. The highest BCUT2D eigenvalue weighted by molar-refractivity contribution is 6.32. The van der Waals surface area contributed by atoms with Gasteiger partial charge in [0.1, 0.15) is 6.61 Å². The van der Waals surface area contributed by atoms with Crippen molar-refractivity contribution in [3.05, 3.63) is 129 Å². The van der Waals surface area contributed by atoms with Crippen LogP contribution in [0.15, 0.2) is 96.0 Å². The number of nitrogens with zero attached hydrogens (tertiary/aromatic N) is 1. The zero-order valence-corrected chi connectivity index (χ0v) is 24.6. The van der Waals surface area contributed by atoms with E-state index >= 15 is 0 Å². The molecule has 1 heterocycles. The number of ether oxygens (including phenoxy) is 2. The van der Waals surface area contributed by atoms with Gasteiger partial charge in [-0.15, -0.1) is 0 Å². The Morgan fingerprint density at radius 3 is 2.59 bits per heavy atom. The van der Waals surface area contributed by atoms with Crippen molar-refractivity contribution in [2.24, 2.45) is 10.9 Å². The van der Waals surface area contributed by atoms with Crippen LogP contribution in [0.4, 0.5) is 11.4 Å². The maximum atomic E-state index is 6.64. The van der Waals surface area contributed by atoms with Crippen molar-refractivity contribution >= 4 is 40.8 Å². The van der Waals surface area contributed by atoms with E-state index in [0.717, 1.165) is 23.2 Å². The summed E-state index contributed by atoms with van der Waals surface area (Å²) in [6.45, 7) is 4.86. The fourth-order valence-electron chi connectivity index (χ4n) is 5.79. The molecule has 6 rings (SSSR count). The third-order valence-corrected chi connectivity index (χ3v) is 8.44. The van der Waals surface area contributed by atoms with Crippen LogP contribution in [0.25, 0.3) is 0 Å². The summed E-state index contributed by atoms with van der Waals surface area (Å²) in [5.41, 5.74) is 7.80. The van der Waals surface area contributed by atoms with E-state index in [-0.39, 0.29) is 12.6 Å². The van der Waals surface area contributed by atoms with Gasteiger partial charge in [-0.25, -0.2) is 0 Å². The van der Waals surface area contributed by atoms with Gasteiger partial charge < -0.3 is 14.8 Å². The number of benzene rings is 4. The number of rotatable bonds is 8. The fraction of sp³-hybridized carbons (Fsp3) is 0.229. The molecule has 0 radical (unpaired) electrons. The third kappa shape index (κ3) is 5.86. The number of halogens is 2. The van der Waals surface area contributed by atoms with Crippen molar-refractivity contribution in [3.8, 4) is 11.5 Å². The van der Waals surface area contributed by atoms with Gasteiger partial charge in [0.25, 0.3) is 0 Å². The zero-order chi connectivity index (χ0) is 28.3. The first-order valence-corrected chi connectivity index (χ1v) is 14.8. The van der Waals surface area contributed by atoms with Crippen molar-refractivity contribution in [1.29, 1.82) is 0 Å². The molecule has 0 spiro atoms. The second-order valence-electron chi connectivity index (χ2n) is 10.6. The molecule has 0 saturated carbocycles. The molecule has 0 saturated heterocycles. The fourth-order valence-corrected chi connectivity index (χ4v) is 6.26. The van der Waals surface area contributed by atoms with Gasteiger partial charge in [-0.3, -0.25) is 4.99 Å². The Balaban J connectivity index is 1.18. The molecule has 208 valence electrons. The van der Waals surface area contributed by atoms with E-state index in [0.29, 0.717) is 40.0 Å². The topological polar surface area (TPSA) is 42.8 Å². The second-order valence-corrected chi connectivity index (χ2v) is 11.4. The van der Waals surface area contributed by atoms with Crippen molar-refractivity contribution in [3.63, 3.8) is 0 Å². The summed E-state index contributed by atoms with van der Waals surface area (Å²) in [7, 11) is 0. The zero-order valence-electron chi connectivity index (χ0n) is 23.1. The van der Waals surface area contributed by atoms with Gasteiger partial charge in [0.15, 0.2) is 11.5 Å². The van der Waals surface area contributed by atoms with Gasteiger partial charge in [0.2, 0.25) is 0 Å². The molecule has 4 aromatic rings. The Hall–Kier alpha value is -3.73. The Kier molecular flexibility index (Phi) is 8.04. The van der Waals surface area contributed by atoms with Crippen LogP contribution in [0.1, 0.15) is 53.1 Å². The van der Waals surface area contributed by atoms with Gasteiger partial charge in [-0.2, -0.15) is 0 Å². The smallest absolute Gasteiger partial charge is 0.180 e. The Morgan fingerprint density at radius 2 is 1.78 bits per heavy atom. The van der Waals surface area contributed by atoms with Crippen LogP contribution < -0.4 is 14.8 Å². The Morgan fingerprint density at radius 1 is 0.951 bits per heavy atom. The van der Waals surface area contributed by atoms with E-state index in [2.05, 4.69) is 66.9 Å². The molecular weight excluding hydrogens is 551 g/mol. The molecule has 0 aromatic heterocycles. The maximum Gasteiger partial charge on any atom is 0.180 e. The summed E-state index contributed by atoms with van der Waals surface area (Å²) in [6, 6.07) is 26.8. The van der Waals surface area contributed by atoms with Crippen LogP contribution in [0.5, 0.6) is 11.5 Å². The van der Waals surface area contributed by atoms with E-state index in [1.165, 1.54) is 22.4 Å². The predicted octanol–water partition coefficient (Wildman–Crippen LogP) is 9.86. The van der Waals surface area contributed by atoms with E-state index in [1.54, 1.807) is 6.21 Å². The number of fused-ring (bicyclic) bond motifs is 3. The number of aliphatic imine (C=N–C) groups is 1. The minimum absolute atomic E-state index is 0.258. The van der Waals surface area contributed by atoms with Gasteiger partial charge in [-0.05, 0) is 79.3 Å². The molecule has 0 bridgehead atoms. The van der Waals surface area contributed by atoms with E-state index in [4.69, 9.17) is 37.7 Å². The van der Waals surface area contributed by atoms with Crippen LogP contribution in [0.3, 0.4) is 0 Å². The second kappa shape index (κ2) is 12.0. The molecule has 2 aliphatic rings. The number of allylic oxidation sites excluding steroid dienone is 2. The normalized spacial score (nSPS) is 19.1. The van der Waals surface area contributed by atoms with Crippen LogP contribution in [0, 0.1) is 12.8 Å². The average Bonchev–Trinajstić information content (AvgIpc) is 3.47. The van der Waals surface area contributed by atoms with Crippen LogP contribution in [-0.2, 0) is 6.61 Å². The average molecular weight is 584 g/mol. The first kappa shape index (κ1) is 27.4. The van der Waals surface area contributed by atoms with Crippen LogP contribution in [-0.4, -0.2) is 12.8 Å². The quantitative estimate of drug-likeness (QED) is 0.166. The van der Waals surface area contributed by atoms with E-state index < -0.39 is 0 Å². The number of aryl methyl sites for hydroxylation is 1. The van der Waals surface area contributed by atoms with Gasteiger partial charge >= 0.3 is 0 Å². The first-order valence-electron chi connectivity index (χ1n) is 14.0. The summed E-state index contributed by atoms with van der Waals surface area (Å²) in [4.78, 5) is 4.72. The summed E-state index contributed by atoms with van der Waals surface area (Å²) in [5.74, 6) is 2.03. The van der Waals surface area contributed by atoms with Crippen molar-refractivity contribution in [2.75, 3.05) is 11.9 Å². The van der Waals surface area contributed by atoms with Crippen LogP contribution >= 0.6 is 23.2 Å². The molecule has 0 amide bonds. The molecule has 0 fully saturated rings. The van der Waals surface area contributed by atoms with Crippen molar-refractivity contribution in [1.82, 2.24) is 0 Å². The summed E-state index contributed by atoms with van der Waals surface area (Å²) in [6.07, 6.45) is 7.59. The lowest BCUT2D eigenvalue weighted by Gasteiger charge is -2.37. The number of nitrogens with one attached hydrogen (secondary N) is 1. The van der Waals surface area contributed by atoms with Gasteiger partial charge in [0.05, 0.1) is 23.4 Å². The lowest BCUT2D eigenvalue weighted by molar-refractivity contribution is 0.269. The molecule has 41 heavy (non-hydrogen) atoms. The Labute approximate surface area is 251 Å². The van der Waals surface area contributed by atoms with Crippen LogP contribution in [0.2, 0.25) is 10.0 Å². The number of anilines is 1. The first-order chi connectivity index (χ1) is 20.0. The highest BCUT2D eigenvalue weighted by atomic mass is 35.5. The lowest BCUT2D eigenvalue weighted by Crippen LogP contribution is -2.29. The predicted molar refractivity (Wildman–Crippen MR) is 170 cm³/mol. The highest BCUT2D eigenvalue weighted by Crippen LogP contribution is 2.50. The van der Waals surface area contributed by atoms with E-state index in [1.807, 2.05) is 43.3 Å². The standard InChI is InChI=1S/C35H32Cl2N2O2/c1-3-40-33-19-23(18-31(37)35(33)41-21-25-7-4-5-10-30(25)36)20-38-26-14-12-24(13-15-26)34-28-9-6-8-27(28)29-17-22(2)11-16-32(29)39-34/h4-8,10-20,27-28,34,39H,3,9,21H2,1-2H3/t27-,28-,34-/m0/s1. The third-order valence-electron chi connectivity index (χ3n) is 7.79. The summed E-state index contributed by atoms with van der Waals surface area (Å²) in [5, 5.41) is 4.92. The number of hydrogen-bond donors (Lipinski definition) is 1. The number of hydrogen-bond acceptors (Lipinski definition) is 4. The summed E-state index contributed by atoms with van der Waals surface area (Å²) < 4.78 is 11.9. The van der Waals surface area contributed by atoms with E-state index in [9.17, 15) is 0 Å². The molecule has 3 atom stereocenters. The van der Waals surface area contributed by atoms with Gasteiger partial charge in [0, 0.05) is 28.4 Å². The maximum absolute atomic E-state index is 6.64. The monoisotopic (exact) mass is 582 g/mol. The molecule has 1 aliphatic heterocycles.